The first-order valence-corrected chi connectivity index (χ1v) is 5.50. The molecule has 0 bridgehead atoms. The lowest BCUT2D eigenvalue weighted by Crippen LogP contribution is -2.14. The fourth-order valence-corrected chi connectivity index (χ4v) is 1.36. The van der Waals surface area contributed by atoms with Crippen molar-refractivity contribution in [2.24, 2.45) is 0 Å². The topological polar surface area (TPSA) is 38.3 Å². The molecule has 0 spiro atoms. The van der Waals surface area contributed by atoms with E-state index in [9.17, 15) is 4.79 Å². The third-order valence-electron chi connectivity index (χ3n) is 2.55. The predicted molar refractivity (Wildman–Crippen MR) is 64.3 cm³/mol. The van der Waals surface area contributed by atoms with Gasteiger partial charge in [0.25, 0.3) is 0 Å². The number of benzene rings is 1. The Hall–Kier alpha value is -1.35. The van der Waals surface area contributed by atoms with E-state index in [1.165, 1.54) is 11.1 Å². The van der Waals surface area contributed by atoms with E-state index in [0.717, 1.165) is 5.56 Å². The molecule has 3 heteroatoms. The minimum Gasteiger partial charge on any atom is -0.461 e. The normalized spacial score (nSPS) is 10.2. The van der Waals surface area contributed by atoms with Gasteiger partial charge in [0.1, 0.15) is 6.61 Å². The van der Waals surface area contributed by atoms with Gasteiger partial charge in [-0.3, -0.25) is 4.79 Å². The molecule has 0 radical (unpaired) electrons. The average molecular weight is 221 g/mol. The fraction of sp³-hybridized carbons (Fsp3) is 0.462. The Morgan fingerprint density at radius 3 is 2.69 bits per heavy atom. The molecule has 1 aromatic rings. The van der Waals surface area contributed by atoms with Crippen molar-refractivity contribution >= 4 is 5.97 Å². The number of nitrogens with one attached hydrogen (secondary N) is 1. The molecule has 1 N–H and O–H groups in total. The van der Waals surface area contributed by atoms with Crippen LogP contribution in [0, 0.1) is 13.8 Å². The maximum absolute atomic E-state index is 11.3. The van der Waals surface area contributed by atoms with Gasteiger partial charge in [-0.1, -0.05) is 18.2 Å². The van der Waals surface area contributed by atoms with Crippen LogP contribution < -0.4 is 5.32 Å². The van der Waals surface area contributed by atoms with Crippen LogP contribution in [0.5, 0.6) is 0 Å². The van der Waals surface area contributed by atoms with Crippen molar-refractivity contribution in [1.29, 1.82) is 0 Å². The summed E-state index contributed by atoms with van der Waals surface area (Å²) < 4.78 is 5.15. The monoisotopic (exact) mass is 221 g/mol. The summed E-state index contributed by atoms with van der Waals surface area (Å²) >= 11 is 0. The minimum absolute atomic E-state index is 0.160. The molecule has 0 heterocycles. The Labute approximate surface area is 96.8 Å². The lowest BCUT2D eigenvalue weighted by Gasteiger charge is -2.07. The van der Waals surface area contributed by atoms with Crippen molar-refractivity contribution in [2.45, 2.75) is 26.9 Å². The van der Waals surface area contributed by atoms with Crippen molar-refractivity contribution in [3.05, 3.63) is 34.9 Å². The van der Waals surface area contributed by atoms with E-state index in [0.29, 0.717) is 19.6 Å². The molecule has 1 aromatic carbocycles. The molecule has 0 atom stereocenters. The van der Waals surface area contributed by atoms with Crippen molar-refractivity contribution in [1.82, 2.24) is 5.32 Å². The summed E-state index contributed by atoms with van der Waals surface area (Å²) in [5.74, 6) is -0.160. The first-order valence-electron chi connectivity index (χ1n) is 5.50. The standard InChI is InChI=1S/C13H19NO2/c1-10-4-5-12(8-11(10)2)9-16-13(15)6-7-14-3/h4-5,8,14H,6-7,9H2,1-3H3. The van der Waals surface area contributed by atoms with Gasteiger partial charge >= 0.3 is 5.97 Å². The molecular formula is C13H19NO2. The number of carbonyl (C=O) groups is 1. The molecule has 16 heavy (non-hydrogen) atoms. The number of ether oxygens (including phenoxy) is 1. The zero-order chi connectivity index (χ0) is 12.0. The Morgan fingerprint density at radius 2 is 2.06 bits per heavy atom. The van der Waals surface area contributed by atoms with Gasteiger partial charge in [-0.15, -0.1) is 0 Å². The van der Waals surface area contributed by atoms with Crippen molar-refractivity contribution < 1.29 is 9.53 Å². The van der Waals surface area contributed by atoms with Crippen LogP contribution in [-0.2, 0) is 16.1 Å². The number of carbonyl (C=O) groups excluding carboxylic acids is 1. The van der Waals surface area contributed by atoms with Gasteiger partial charge in [0, 0.05) is 6.54 Å². The summed E-state index contributed by atoms with van der Waals surface area (Å²) in [5, 5.41) is 2.91. The highest BCUT2D eigenvalue weighted by atomic mass is 16.5. The Balaban J connectivity index is 2.42. The van der Waals surface area contributed by atoms with Gasteiger partial charge in [0.15, 0.2) is 0 Å². The SMILES string of the molecule is CNCCC(=O)OCc1ccc(C)c(C)c1. The van der Waals surface area contributed by atoms with Gasteiger partial charge < -0.3 is 10.1 Å². The second kappa shape index (κ2) is 6.28. The summed E-state index contributed by atoms with van der Waals surface area (Å²) in [7, 11) is 1.82. The maximum atomic E-state index is 11.3. The zero-order valence-electron chi connectivity index (χ0n) is 10.2. The van der Waals surface area contributed by atoms with E-state index in [1.54, 1.807) is 0 Å². The number of aryl methyl sites for hydroxylation is 2. The number of esters is 1. The Morgan fingerprint density at radius 1 is 1.31 bits per heavy atom. The van der Waals surface area contributed by atoms with Gasteiger partial charge in [-0.2, -0.15) is 0 Å². The molecule has 1 rings (SSSR count). The molecule has 0 unspecified atom stereocenters. The maximum Gasteiger partial charge on any atom is 0.307 e. The number of rotatable bonds is 5. The molecule has 0 aliphatic heterocycles. The first-order chi connectivity index (χ1) is 7.63. The third kappa shape index (κ3) is 4.03. The summed E-state index contributed by atoms with van der Waals surface area (Å²) in [4.78, 5) is 11.3. The van der Waals surface area contributed by atoms with E-state index in [-0.39, 0.29) is 5.97 Å². The quantitative estimate of drug-likeness (QED) is 0.772. The van der Waals surface area contributed by atoms with Gasteiger partial charge in [0.05, 0.1) is 6.42 Å². The second-order valence-corrected chi connectivity index (χ2v) is 3.93. The molecule has 0 aliphatic carbocycles. The molecule has 0 saturated heterocycles. The fourth-order valence-electron chi connectivity index (χ4n) is 1.36. The van der Waals surface area contributed by atoms with Crippen LogP contribution in [0.15, 0.2) is 18.2 Å². The number of hydrogen-bond acceptors (Lipinski definition) is 3. The average Bonchev–Trinajstić information content (AvgIpc) is 2.28. The second-order valence-electron chi connectivity index (χ2n) is 3.93. The Bertz CT molecular complexity index is 361. The molecule has 0 aliphatic rings. The number of hydrogen-bond donors (Lipinski definition) is 1. The smallest absolute Gasteiger partial charge is 0.307 e. The van der Waals surface area contributed by atoms with Gasteiger partial charge in [0.2, 0.25) is 0 Å². The van der Waals surface area contributed by atoms with Crippen molar-refractivity contribution in [3.63, 3.8) is 0 Å². The van der Waals surface area contributed by atoms with E-state index in [1.807, 2.05) is 19.2 Å². The molecular weight excluding hydrogens is 202 g/mol. The van der Waals surface area contributed by atoms with Crippen LogP contribution in [-0.4, -0.2) is 19.6 Å². The molecule has 0 fully saturated rings. The lowest BCUT2D eigenvalue weighted by molar-refractivity contribution is -0.144. The highest BCUT2D eigenvalue weighted by Gasteiger charge is 2.03. The van der Waals surface area contributed by atoms with Crippen LogP contribution in [0.4, 0.5) is 0 Å². The van der Waals surface area contributed by atoms with E-state index in [4.69, 9.17) is 4.74 Å². The predicted octanol–water partition coefficient (Wildman–Crippen LogP) is 1.96. The molecule has 0 aromatic heterocycles. The molecule has 88 valence electrons. The highest BCUT2D eigenvalue weighted by Crippen LogP contribution is 2.10. The van der Waals surface area contributed by atoms with Crippen molar-refractivity contribution in [2.75, 3.05) is 13.6 Å². The third-order valence-corrected chi connectivity index (χ3v) is 2.55. The van der Waals surface area contributed by atoms with E-state index >= 15 is 0 Å². The lowest BCUT2D eigenvalue weighted by atomic mass is 10.1. The molecule has 0 saturated carbocycles. The zero-order valence-corrected chi connectivity index (χ0v) is 10.2. The van der Waals surface area contributed by atoms with Gasteiger partial charge in [-0.05, 0) is 37.6 Å². The Kier molecular flexibility index (Phi) is 4.99. The van der Waals surface area contributed by atoms with E-state index in [2.05, 4.69) is 25.2 Å². The molecule has 3 nitrogen and oxygen atoms in total. The summed E-state index contributed by atoms with van der Waals surface area (Å²) in [6, 6.07) is 6.10. The van der Waals surface area contributed by atoms with Crippen LogP contribution in [0.25, 0.3) is 0 Å². The summed E-state index contributed by atoms with van der Waals surface area (Å²) in [6.07, 6.45) is 0.418. The van der Waals surface area contributed by atoms with Crippen LogP contribution >= 0.6 is 0 Å². The van der Waals surface area contributed by atoms with Crippen LogP contribution in [0.1, 0.15) is 23.1 Å². The molecule has 0 amide bonds. The highest BCUT2D eigenvalue weighted by molar-refractivity contribution is 5.69. The largest absolute Gasteiger partial charge is 0.461 e. The first kappa shape index (κ1) is 12.7. The van der Waals surface area contributed by atoms with Crippen molar-refractivity contribution in [3.8, 4) is 0 Å². The summed E-state index contributed by atoms with van der Waals surface area (Å²) in [6.45, 7) is 5.15. The van der Waals surface area contributed by atoms with Crippen LogP contribution in [0.3, 0.4) is 0 Å². The van der Waals surface area contributed by atoms with Crippen LogP contribution in [0.2, 0.25) is 0 Å². The summed E-state index contributed by atoms with van der Waals surface area (Å²) in [5.41, 5.74) is 3.52. The van der Waals surface area contributed by atoms with E-state index < -0.39 is 0 Å². The van der Waals surface area contributed by atoms with Gasteiger partial charge in [-0.25, -0.2) is 0 Å². The minimum atomic E-state index is -0.160.